The minimum Gasteiger partial charge on any atom is -0.466 e. The van der Waals surface area contributed by atoms with E-state index in [1.807, 2.05) is 6.92 Å². The number of carbonyl (C=O) groups excluding carboxylic acids is 1. The molecule has 0 aromatic heterocycles. The molecule has 0 rings (SSSR count). The molecule has 4 heteroatoms. The number of alkyl halides is 1. The summed E-state index contributed by atoms with van der Waals surface area (Å²) in [7, 11) is 1.24. The molecule has 0 saturated heterocycles. The van der Waals surface area contributed by atoms with Crippen LogP contribution in [0, 0.1) is 0 Å². The predicted octanol–water partition coefficient (Wildman–Crippen LogP) is 1.04. The normalized spacial score (nSPS) is 16.0. The molecule has 0 bridgehead atoms. The molecule has 0 aliphatic rings. The lowest BCUT2D eigenvalue weighted by atomic mass is 10.2. The van der Waals surface area contributed by atoms with Gasteiger partial charge in [-0.1, -0.05) is 13.3 Å². The summed E-state index contributed by atoms with van der Waals surface area (Å²) in [5, 5.41) is 9.23. The van der Waals surface area contributed by atoms with Crippen molar-refractivity contribution in [3.05, 3.63) is 0 Å². The highest BCUT2D eigenvalue weighted by Gasteiger charge is 2.32. The number of aliphatic hydroxyl groups is 1. The molecule has 0 fully saturated rings. The zero-order chi connectivity index (χ0) is 8.20. The number of halogens is 1. The molecule has 60 valence electrons. The van der Waals surface area contributed by atoms with Crippen LogP contribution in [0.2, 0.25) is 0 Å². The van der Waals surface area contributed by atoms with Crippen molar-refractivity contribution in [1.82, 2.24) is 0 Å². The van der Waals surface area contributed by atoms with Gasteiger partial charge in [0.2, 0.25) is 4.51 Å². The van der Waals surface area contributed by atoms with Crippen LogP contribution in [-0.2, 0) is 9.53 Å². The van der Waals surface area contributed by atoms with E-state index >= 15 is 0 Å². The number of rotatable bonds is 3. The third-order valence-corrected chi connectivity index (χ3v) is 1.80. The Balaban J connectivity index is 3.96. The number of carbonyl (C=O) groups is 1. The van der Waals surface area contributed by atoms with Crippen LogP contribution in [0.4, 0.5) is 0 Å². The molecule has 0 aliphatic heterocycles. The Labute approximate surface area is 68.5 Å². The van der Waals surface area contributed by atoms with Gasteiger partial charge >= 0.3 is 5.97 Å². The number of hydrogen-bond donors (Lipinski definition) is 1. The van der Waals surface area contributed by atoms with E-state index in [0.717, 1.165) is 6.42 Å². The maximum Gasteiger partial charge on any atom is 0.349 e. The van der Waals surface area contributed by atoms with E-state index < -0.39 is 10.5 Å². The molecule has 0 unspecified atom stereocenters. The van der Waals surface area contributed by atoms with Crippen molar-refractivity contribution in [3.63, 3.8) is 0 Å². The van der Waals surface area contributed by atoms with Crippen molar-refractivity contribution in [2.24, 2.45) is 0 Å². The maximum absolute atomic E-state index is 10.7. The molecule has 0 spiro atoms. The van der Waals surface area contributed by atoms with E-state index in [1.165, 1.54) is 7.11 Å². The van der Waals surface area contributed by atoms with Gasteiger partial charge in [0, 0.05) is 0 Å². The maximum atomic E-state index is 10.7. The van der Waals surface area contributed by atoms with Crippen molar-refractivity contribution >= 4 is 21.9 Å². The number of hydrogen-bond acceptors (Lipinski definition) is 3. The third-order valence-electron chi connectivity index (χ3n) is 1.08. The first-order valence-corrected chi connectivity index (χ1v) is 3.83. The fourth-order valence-electron chi connectivity index (χ4n) is 0.590. The van der Waals surface area contributed by atoms with Crippen molar-refractivity contribution in [3.8, 4) is 0 Å². The van der Waals surface area contributed by atoms with Crippen molar-refractivity contribution in [2.75, 3.05) is 7.11 Å². The van der Waals surface area contributed by atoms with Crippen LogP contribution in [-0.4, -0.2) is 22.7 Å². The van der Waals surface area contributed by atoms with Crippen LogP contribution in [0.15, 0.2) is 0 Å². The molecule has 0 heterocycles. The Morgan fingerprint density at radius 3 is 2.60 bits per heavy atom. The second-order valence-corrected chi connectivity index (χ2v) is 3.31. The molecule has 1 N–H and O–H groups in total. The zero-order valence-electron chi connectivity index (χ0n) is 6.06. The first-order valence-electron chi connectivity index (χ1n) is 3.04. The average molecular weight is 211 g/mol. The highest BCUT2D eigenvalue weighted by Crippen LogP contribution is 2.21. The monoisotopic (exact) mass is 210 g/mol. The van der Waals surface area contributed by atoms with Gasteiger partial charge < -0.3 is 9.84 Å². The summed E-state index contributed by atoms with van der Waals surface area (Å²) in [5.41, 5.74) is 0. The van der Waals surface area contributed by atoms with E-state index in [-0.39, 0.29) is 0 Å². The fourth-order valence-corrected chi connectivity index (χ4v) is 1.15. The van der Waals surface area contributed by atoms with Gasteiger partial charge in [0.05, 0.1) is 7.11 Å². The van der Waals surface area contributed by atoms with Crippen molar-refractivity contribution in [1.29, 1.82) is 0 Å². The second kappa shape index (κ2) is 3.93. The molecule has 0 amide bonds. The summed E-state index contributed by atoms with van der Waals surface area (Å²) < 4.78 is 2.84. The molecule has 0 radical (unpaired) electrons. The first-order chi connectivity index (χ1) is 4.54. The van der Waals surface area contributed by atoms with E-state index in [0.29, 0.717) is 6.42 Å². The summed E-state index contributed by atoms with van der Waals surface area (Å²) in [6.07, 6.45) is 1.08. The van der Waals surface area contributed by atoms with Crippen molar-refractivity contribution in [2.45, 2.75) is 24.3 Å². The predicted molar refractivity (Wildman–Crippen MR) is 40.8 cm³/mol. The Kier molecular flexibility index (Phi) is 3.89. The summed E-state index contributed by atoms with van der Waals surface area (Å²) in [4.78, 5) is 10.7. The summed E-state index contributed by atoms with van der Waals surface area (Å²) in [6, 6.07) is 0. The molecular weight excluding hydrogens is 200 g/mol. The Morgan fingerprint density at radius 1 is 1.80 bits per heavy atom. The number of esters is 1. The highest BCUT2D eigenvalue weighted by atomic mass is 79.9. The lowest BCUT2D eigenvalue weighted by molar-refractivity contribution is -0.153. The molecule has 1 atom stereocenters. The van der Waals surface area contributed by atoms with Gasteiger partial charge in [0.25, 0.3) is 0 Å². The molecular formula is C6H11BrO3. The third kappa shape index (κ3) is 2.66. The summed E-state index contributed by atoms with van der Waals surface area (Å²) >= 11 is 2.85. The topological polar surface area (TPSA) is 46.5 Å². The highest BCUT2D eigenvalue weighted by molar-refractivity contribution is 9.10. The standard InChI is InChI=1S/C6H11BrO3/c1-3-4-6(7,9)5(8)10-2/h9H,3-4H2,1-2H3/t6-/m1/s1. The van der Waals surface area contributed by atoms with Gasteiger partial charge in [-0.2, -0.15) is 0 Å². The van der Waals surface area contributed by atoms with E-state index in [4.69, 9.17) is 0 Å². The summed E-state index contributed by atoms with van der Waals surface area (Å²) in [5.74, 6) is -0.644. The molecule has 0 saturated carbocycles. The van der Waals surface area contributed by atoms with Crippen LogP contribution in [0.5, 0.6) is 0 Å². The molecule has 10 heavy (non-hydrogen) atoms. The lowest BCUT2D eigenvalue weighted by Gasteiger charge is -2.16. The quantitative estimate of drug-likeness (QED) is 0.560. The Morgan fingerprint density at radius 2 is 2.30 bits per heavy atom. The van der Waals surface area contributed by atoms with Crippen LogP contribution in [0.1, 0.15) is 19.8 Å². The number of ether oxygens (including phenoxy) is 1. The van der Waals surface area contributed by atoms with E-state index in [9.17, 15) is 9.90 Å². The molecule has 3 nitrogen and oxygen atoms in total. The van der Waals surface area contributed by atoms with Crippen LogP contribution in [0.25, 0.3) is 0 Å². The van der Waals surface area contributed by atoms with E-state index in [2.05, 4.69) is 20.7 Å². The first kappa shape index (κ1) is 9.91. The fraction of sp³-hybridized carbons (Fsp3) is 0.833. The average Bonchev–Trinajstić information content (AvgIpc) is 1.86. The SMILES string of the molecule is CCC[C@](O)(Br)C(=O)OC. The van der Waals surface area contributed by atoms with E-state index in [1.54, 1.807) is 0 Å². The van der Waals surface area contributed by atoms with Gasteiger partial charge in [0.1, 0.15) is 0 Å². The number of methoxy groups -OCH3 is 1. The van der Waals surface area contributed by atoms with Crippen molar-refractivity contribution < 1.29 is 14.6 Å². The minimum atomic E-state index is -1.49. The van der Waals surface area contributed by atoms with Crippen LogP contribution >= 0.6 is 15.9 Å². The van der Waals surface area contributed by atoms with Gasteiger partial charge in [0.15, 0.2) is 0 Å². The lowest BCUT2D eigenvalue weighted by Crippen LogP contribution is -2.32. The van der Waals surface area contributed by atoms with Gasteiger partial charge in [-0.25, -0.2) is 4.79 Å². The van der Waals surface area contributed by atoms with Crippen LogP contribution < -0.4 is 0 Å². The summed E-state index contributed by atoms with van der Waals surface area (Å²) in [6.45, 7) is 1.87. The molecule has 0 aliphatic carbocycles. The minimum absolute atomic E-state index is 0.361. The zero-order valence-corrected chi connectivity index (χ0v) is 7.64. The van der Waals surface area contributed by atoms with Gasteiger partial charge in [-0.3, -0.25) is 0 Å². The Bertz CT molecular complexity index is 122. The van der Waals surface area contributed by atoms with Gasteiger partial charge in [-0.15, -0.1) is 0 Å². The molecule has 0 aromatic rings. The largest absolute Gasteiger partial charge is 0.466 e. The van der Waals surface area contributed by atoms with Crippen LogP contribution in [0.3, 0.4) is 0 Å². The van der Waals surface area contributed by atoms with Gasteiger partial charge in [-0.05, 0) is 22.4 Å². The smallest absolute Gasteiger partial charge is 0.349 e. The molecule has 0 aromatic carbocycles. The second-order valence-electron chi connectivity index (χ2n) is 2.00. The Hall–Kier alpha value is -0.0900.